The third-order valence-corrected chi connectivity index (χ3v) is 3.78. The quantitative estimate of drug-likeness (QED) is 0.718. The van der Waals surface area contributed by atoms with Crippen molar-refractivity contribution < 1.29 is 14.4 Å². The molecule has 24 heavy (non-hydrogen) atoms. The van der Waals surface area contributed by atoms with Crippen LogP contribution in [0.5, 0.6) is 0 Å². The molecular formula is C18H23N3O3. The lowest BCUT2D eigenvalue weighted by atomic mass is 9.79. The van der Waals surface area contributed by atoms with Crippen molar-refractivity contribution in [2.45, 2.75) is 39.7 Å². The first kappa shape index (κ1) is 17.7. The fraction of sp³-hybridized carbons (Fsp3) is 0.389. The van der Waals surface area contributed by atoms with Crippen LogP contribution in [0.25, 0.3) is 0 Å². The van der Waals surface area contributed by atoms with Crippen molar-refractivity contribution in [1.82, 2.24) is 16.2 Å². The summed E-state index contributed by atoms with van der Waals surface area (Å²) in [5.41, 5.74) is 6.37. The first-order valence-corrected chi connectivity index (χ1v) is 7.92. The van der Waals surface area contributed by atoms with Crippen molar-refractivity contribution in [3.63, 3.8) is 0 Å². The van der Waals surface area contributed by atoms with Gasteiger partial charge in [-0.3, -0.25) is 19.8 Å². The van der Waals surface area contributed by atoms with Crippen LogP contribution in [0.1, 0.15) is 44.0 Å². The molecule has 6 nitrogen and oxygen atoms in total. The second-order valence-corrected chi connectivity index (χ2v) is 6.83. The van der Waals surface area contributed by atoms with Gasteiger partial charge in [0.15, 0.2) is 5.78 Å². The molecule has 128 valence electrons. The van der Waals surface area contributed by atoms with Crippen molar-refractivity contribution >= 4 is 17.6 Å². The summed E-state index contributed by atoms with van der Waals surface area (Å²) in [6, 6.07) is 7.98. The number of hydrogen-bond donors (Lipinski definition) is 3. The summed E-state index contributed by atoms with van der Waals surface area (Å²) in [6.45, 7) is 5.61. The van der Waals surface area contributed by atoms with Crippen molar-refractivity contribution in [2.75, 3.05) is 0 Å². The zero-order chi connectivity index (χ0) is 17.7. The molecule has 0 spiro atoms. The summed E-state index contributed by atoms with van der Waals surface area (Å²) in [7, 11) is 0. The number of nitrogens with one attached hydrogen (secondary N) is 3. The average Bonchev–Trinajstić information content (AvgIpc) is 2.51. The minimum atomic E-state index is -0.710. The van der Waals surface area contributed by atoms with Gasteiger partial charge in [0, 0.05) is 23.8 Å². The molecule has 1 aromatic carbocycles. The number of hydrazine groups is 1. The SMILES string of the molecule is CC(NC(=O)c1ccccc1)C(=O)NNC1=CC(=O)CC(C)(C)C1. The highest BCUT2D eigenvalue weighted by atomic mass is 16.2. The second kappa shape index (κ2) is 7.29. The lowest BCUT2D eigenvalue weighted by Gasteiger charge is -2.29. The van der Waals surface area contributed by atoms with Crippen LogP contribution in [-0.2, 0) is 9.59 Å². The highest BCUT2D eigenvalue weighted by molar-refractivity contribution is 5.97. The van der Waals surface area contributed by atoms with Gasteiger partial charge in [0.2, 0.25) is 0 Å². The zero-order valence-electron chi connectivity index (χ0n) is 14.2. The molecule has 3 N–H and O–H groups in total. The molecule has 1 unspecified atom stereocenters. The van der Waals surface area contributed by atoms with Gasteiger partial charge >= 0.3 is 0 Å². The Morgan fingerprint density at radius 2 is 1.79 bits per heavy atom. The molecule has 6 heteroatoms. The topological polar surface area (TPSA) is 87.3 Å². The van der Waals surface area contributed by atoms with E-state index in [4.69, 9.17) is 0 Å². The minimum absolute atomic E-state index is 0.0356. The van der Waals surface area contributed by atoms with Crippen LogP contribution in [0.3, 0.4) is 0 Å². The number of ketones is 1. The van der Waals surface area contributed by atoms with Gasteiger partial charge in [-0.15, -0.1) is 0 Å². The molecule has 1 atom stereocenters. The summed E-state index contributed by atoms with van der Waals surface area (Å²) in [5, 5.41) is 2.63. The largest absolute Gasteiger partial charge is 0.340 e. The molecule has 2 amide bonds. The molecule has 0 aromatic heterocycles. The van der Waals surface area contributed by atoms with E-state index in [1.165, 1.54) is 6.08 Å². The molecule has 1 aliphatic carbocycles. The van der Waals surface area contributed by atoms with Gasteiger partial charge in [-0.25, -0.2) is 0 Å². The number of carbonyl (C=O) groups is 3. The third kappa shape index (κ3) is 4.94. The maximum Gasteiger partial charge on any atom is 0.260 e. The first-order valence-electron chi connectivity index (χ1n) is 7.92. The van der Waals surface area contributed by atoms with E-state index >= 15 is 0 Å². The number of carbonyl (C=O) groups excluding carboxylic acids is 3. The second-order valence-electron chi connectivity index (χ2n) is 6.83. The maximum absolute atomic E-state index is 12.1. The van der Waals surface area contributed by atoms with Gasteiger partial charge in [-0.1, -0.05) is 32.0 Å². The molecular weight excluding hydrogens is 306 g/mol. The van der Waals surface area contributed by atoms with E-state index < -0.39 is 6.04 Å². The fourth-order valence-electron chi connectivity index (χ4n) is 2.61. The molecule has 0 saturated heterocycles. The van der Waals surface area contributed by atoms with Crippen molar-refractivity contribution in [2.24, 2.45) is 5.41 Å². The molecule has 0 bridgehead atoms. The van der Waals surface area contributed by atoms with Crippen LogP contribution in [0, 0.1) is 5.41 Å². The van der Waals surface area contributed by atoms with Crippen molar-refractivity contribution in [3.05, 3.63) is 47.7 Å². The van der Waals surface area contributed by atoms with E-state index in [2.05, 4.69) is 16.2 Å². The summed E-state index contributed by atoms with van der Waals surface area (Å²) in [6.07, 6.45) is 2.68. The van der Waals surface area contributed by atoms with Gasteiger partial charge in [-0.2, -0.15) is 0 Å². The Morgan fingerprint density at radius 1 is 1.12 bits per heavy atom. The lowest BCUT2D eigenvalue weighted by Crippen LogP contribution is -2.49. The van der Waals surface area contributed by atoms with Crippen LogP contribution >= 0.6 is 0 Å². The Balaban J connectivity index is 1.86. The van der Waals surface area contributed by atoms with Crippen molar-refractivity contribution in [3.8, 4) is 0 Å². The molecule has 2 rings (SSSR count). The molecule has 0 saturated carbocycles. The fourth-order valence-corrected chi connectivity index (χ4v) is 2.61. The normalized spacial score (nSPS) is 17.5. The van der Waals surface area contributed by atoms with Crippen LogP contribution in [-0.4, -0.2) is 23.6 Å². The third-order valence-electron chi connectivity index (χ3n) is 3.78. The molecule has 1 aromatic rings. The zero-order valence-corrected chi connectivity index (χ0v) is 14.2. The smallest absolute Gasteiger partial charge is 0.260 e. The number of benzene rings is 1. The van der Waals surface area contributed by atoms with E-state index in [9.17, 15) is 14.4 Å². The van der Waals surface area contributed by atoms with E-state index in [1.54, 1.807) is 31.2 Å². The molecule has 0 radical (unpaired) electrons. The van der Waals surface area contributed by atoms with Gasteiger partial charge in [0.1, 0.15) is 6.04 Å². The average molecular weight is 329 g/mol. The number of hydrogen-bond acceptors (Lipinski definition) is 4. The van der Waals surface area contributed by atoms with Crippen molar-refractivity contribution in [1.29, 1.82) is 0 Å². The van der Waals surface area contributed by atoms with Crippen LogP contribution in [0.2, 0.25) is 0 Å². The standard InChI is InChI=1S/C18H23N3O3/c1-12(19-17(24)13-7-5-4-6-8-13)16(23)21-20-14-9-15(22)11-18(2,3)10-14/h4-9,12,20H,10-11H2,1-3H3,(H,19,24)(H,21,23). The Labute approximate surface area is 141 Å². The van der Waals surface area contributed by atoms with E-state index in [0.717, 1.165) is 0 Å². The van der Waals surface area contributed by atoms with E-state index in [0.29, 0.717) is 24.1 Å². The van der Waals surface area contributed by atoms with Gasteiger partial charge in [-0.05, 0) is 30.9 Å². The molecule has 0 aliphatic heterocycles. The highest BCUT2D eigenvalue weighted by Crippen LogP contribution is 2.32. The summed E-state index contributed by atoms with van der Waals surface area (Å²) in [4.78, 5) is 35.8. The predicted octanol–water partition coefficient (Wildman–Crippen LogP) is 1.70. The summed E-state index contributed by atoms with van der Waals surface area (Å²) < 4.78 is 0. The van der Waals surface area contributed by atoms with Gasteiger partial charge in [0.05, 0.1) is 0 Å². The Bertz CT molecular complexity index is 665. The van der Waals surface area contributed by atoms with Crippen LogP contribution in [0.15, 0.2) is 42.1 Å². The molecule has 0 fully saturated rings. The molecule has 1 aliphatic rings. The number of amides is 2. The Hall–Kier alpha value is -2.63. The maximum atomic E-state index is 12.1. The Morgan fingerprint density at radius 3 is 2.42 bits per heavy atom. The summed E-state index contributed by atoms with van der Waals surface area (Å²) in [5.74, 6) is -0.657. The van der Waals surface area contributed by atoms with Gasteiger partial charge in [0.25, 0.3) is 11.8 Å². The number of rotatable bonds is 5. The van der Waals surface area contributed by atoms with Crippen LogP contribution < -0.4 is 16.2 Å². The monoisotopic (exact) mass is 329 g/mol. The summed E-state index contributed by atoms with van der Waals surface area (Å²) >= 11 is 0. The number of allylic oxidation sites excluding steroid dienone is 2. The Kier molecular flexibility index (Phi) is 5.39. The predicted molar refractivity (Wildman–Crippen MR) is 90.8 cm³/mol. The highest BCUT2D eigenvalue weighted by Gasteiger charge is 2.28. The molecule has 0 heterocycles. The lowest BCUT2D eigenvalue weighted by molar-refractivity contribution is -0.123. The van der Waals surface area contributed by atoms with Crippen LogP contribution in [0.4, 0.5) is 0 Å². The van der Waals surface area contributed by atoms with Gasteiger partial charge < -0.3 is 10.7 Å². The first-order chi connectivity index (χ1) is 11.3. The van der Waals surface area contributed by atoms with E-state index in [-0.39, 0.29) is 23.0 Å². The van der Waals surface area contributed by atoms with E-state index in [1.807, 2.05) is 19.9 Å². The minimum Gasteiger partial charge on any atom is -0.340 e.